The second-order valence-corrected chi connectivity index (χ2v) is 4.98. The van der Waals surface area contributed by atoms with E-state index in [0.717, 1.165) is 23.6 Å². The molecule has 2 atom stereocenters. The first-order chi connectivity index (χ1) is 8.99. The van der Waals surface area contributed by atoms with Crippen molar-refractivity contribution in [1.29, 1.82) is 0 Å². The Hall–Kier alpha value is -2.10. The van der Waals surface area contributed by atoms with E-state index < -0.39 is 5.97 Å². The standard InChI is InChI=1S/C15H17NO3/c1-9-8-13(9)16-15(19)12-5-3-4-11(10(12)2)6-7-14(17)18/h3-7,9,13H,8H2,1-2H3,(H,16,19)(H,17,18). The molecule has 19 heavy (non-hydrogen) atoms. The van der Waals surface area contributed by atoms with Gasteiger partial charge < -0.3 is 10.4 Å². The summed E-state index contributed by atoms with van der Waals surface area (Å²) in [5.41, 5.74) is 2.15. The number of hydrogen-bond donors (Lipinski definition) is 2. The van der Waals surface area contributed by atoms with Gasteiger partial charge in [-0.1, -0.05) is 19.1 Å². The van der Waals surface area contributed by atoms with Crippen LogP contribution >= 0.6 is 0 Å². The molecule has 0 heterocycles. The highest BCUT2D eigenvalue weighted by Crippen LogP contribution is 2.29. The van der Waals surface area contributed by atoms with Crippen LogP contribution in [-0.2, 0) is 4.79 Å². The molecule has 1 aromatic rings. The molecule has 4 nitrogen and oxygen atoms in total. The fraction of sp³-hybridized carbons (Fsp3) is 0.333. The zero-order valence-corrected chi connectivity index (χ0v) is 11.0. The molecular weight excluding hydrogens is 242 g/mol. The zero-order chi connectivity index (χ0) is 14.0. The molecule has 2 N–H and O–H groups in total. The number of carboxylic acid groups (broad SMARTS) is 1. The minimum atomic E-state index is -0.999. The third-order valence-corrected chi connectivity index (χ3v) is 3.45. The van der Waals surface area contributed by atoms with Crippen LogP contribution in [-0.4, -0.2) is 23.0 Å². The minimum absolute atomic E-state index is 0.0857. The van der Waals surface area contributed by atoms with Crippen LogP contribution in [0, 0.1) is 12.8 Å². The Morgan fingerprint density at radius 1 is 1.42 bits per heavy atom. The molecular formula is C15H17NO3. The lowest BCUT2D eigenvalue weighted by Crippen LogP contribution is -2.27. The molecule has 1 amide bonds. The van der Waals surface area contributed by atoms with Crippen molar-refractivity contribution in [3.8, 4) is 0 Å². The number of hydrogen-bond acceptors (Lipinski definition) is 2. The number of aliphatic carboxylic acids is 1. The highest BCUT2D eigenvalue weighted by atomic mass is 16.4. The topological polar surface area (TPSA) is 66.4 Å². The van der Waals surface area contributed by atoms with Gasteiger partial charge in [-0.25, -0.2) is 4.79 Å². The average Bonchev–Trinajstić information content (AvgIpc) is 3.03. The second kappa shape index (κ2) is 5.26. The first kappa shape index (κ1) is 13.3. The third kappa shape index (κ3) is 3.22. The van der Waals surface area contributed by atoms with Crippen molar-refractivity contribution in [2.45, 2.75) is 26.3 Å². The maximum absolute atomic E-state index is 12.1. The van der Waals surface area contributed by atoms with E-state index in [2.05, 4.69) is 12.2 Å². The molecule has 4 heteroatoms. The maximum Gasteiger partial charge on any atom is 0.328 e. The number of carbonyl (C=O) groups excluding carboxylic acids is 1. The average molecular weight is 259 g/mol. The molecule has 100 valence electrons. The molecule has 0 radical (unpaired) electrons. The van der Waals surface area contributed by atoms with Crippen LogP contribution in [0.4, 0.5) is 0 Å². The summed E-state index contributed by atoms with van der Waals surface area (Å²) in [5, 5.41) is 11.6. The predicted molar refractivity (Wildman–Crippen MR) is 72.9 cm³/mol. The summed E-state index contributed by atoms with van der Waals surface area (Å²) >= 11 is 0. The van der Waals surface area contributed by atoms with Crippen molar-refractivity contribution in [3.05, 3.63) is 41.0 Å². The predicted octanol–water partition coefficient (Wildman–Crippen LogP) is 2.23. The van der Waals surface area contributed by atoms with Crippen molar-refractivity contribution >= 4 is 18.0 Å². The Morgan fingerprint density at radius 3 is 2.68 bits per heavy atom. The quantitative estimate of drug-likeness (QED) is 0.815. The number of benzene rings is 1. The Kier molecular flexibility index (Phi) is 3.69. The van der Waals surface area contributed by atoms with Gasteiger partial charge in [0.05, 0.1) is 0 Å². The largest absolute Gasteiger partial charge is 0.478 e. The summed E-state index contributed by atoms with van der Waals surface area (Å²) in [6.45, 7) is 3.93. The minimum Gasteiger partial charge on any atom is -0.478 e. The van der Waals surface area contributed by atoms with E-state index in [1.54, 1.807) is 18.2 Å². The zero-order valence-electron chi connectivity index (χ0n) is 11.0. The van der Waals surface area contributed by atoms with E-state index in [1.165, 1.54) is 6.08 Å². The van der Waals surface area contributed by atoms with E-state index in [1.807, 2.05) is 6.92 Å². The Balaban J connectivity index is 2.19. The lowest BCUT2D eigenvalue weighted by Gasteiger charge is -2.09. The Labute approximate surface area is 112 Å². The molecule has 1 aliphatic carbocycles. The fourth-order valence-electron chi connectivity index (χ4n) is 2.01. The van der Waals surface area contributed by atoms with E-state index in [9.17, 15) is 9.59 Å². The van der Waals surface area contributed by atoms with Gasteiger partial charge in [0.2, 0.25) is 0 Å². The summed E-state index contributed by atoms with van der Waals surface area (Å²) < 4.78 is 0. The number of nitrogens with one attached hydrogen (secondary N) is 1. The van der Waals surface area contributed by atoms with Crippen LogP contribution in [0.15, 0.2) is 24.3 Å². The van der Waals surface area contributed by atoms with Gasteiger partial charge >= 0.3 is 5.97 Å². The third-order valence-electron chi connectivity index (χ3n) is 3.45. The molecule has 2 unspecified atom stereocenters. The van der Waals surface area contributed by atoms with E-state index in [4.69, 9.17) is 5.11 Å². The molecule has 0 aliphatic heterocycles. The highest BCUT2D eigenvalue weighted by Gasteiger charge is 2.34. The molecule has 1 saturated carbocycles. The van der Waals surface area contributed by atoms with Gasteiger partial charge in [-0.3, -0.25) is 4.79 Å². The molecule has 2 rings (SSSR count). The van der Waals surface area contributed by atoms with Gasteiger partial charge in [0.1, 0.15) is 0 Å². The molecule has 1 fully saturated rings. The van der Waals surface area contributed by atoms with Gasteiger partial charge in [0.15, 0.2) is 0 Å². The van der Waals surface area contributed by atoms with Crippen LogP contribution in [0.5, 0.6) is 0 Å². The number of rotatable bonds is 4. The van der Waals surface area contributed by atoms with Gasteiger partial charge in [-0.05, 0) is 42.5 Å². The first-order valence-corrected chi connectivity index (χ1v) is 6.30. The summed E-state index contributed by atoms with van der Waals surface area (Å²) in [7, 11) is 0. The van der Waals surface area contributed by atoms with Gasteiger partial charge in [-0.2, -0.15) is 0 Å². The summed E-state index contributed by atoms with van der Waals surface area (Å²) in [5.74, 6) is -0.530. The summed E-state index contributed by atoms with van der Waals surface area (Å²) in [6, 6.07) is 5.60. The molecule has 0 saturated heterocycles. The fourth-order valence-corrected chi connectivity index (χ4v) is 2.01. The second-order valence-electron chi connectivity index (χ2n) is 4.98. The van der Waals surface area contributed by atoms with Crippen molar-refractivity contribution < 1.29 is 14.7 Å². The van der Waals surface area contributed by atoms with Crippen LogP contribution in [0.1, 0.15) is 34.8 Å². The van der Waals surface area contributed by atoms with Gasteiger partial charge in [0.25, 0.3) is 5.91 Å². The number of carboxylic acids is 1. The SMILES string of the molecule is Cc1c(C=CC(=O)O)cccc1C(=O)NC1CC1C. The van der Waals surface area contributed by atoms with Crippen molar-refractivity contribution in [3.63, 3.8) is 0 Å². The van der Waals surface area contributed by atoms with E-state index in [0.29, 0.717) is 11.5 Å². The number of carbonyl (C=O) groups is 2. The van der Waals surface area contributed by atoms with Crippen molar-refractivity contribution in [2.24, 2.45) is 5.92 Å². The van der Waals surface area contributed by atoms with Crippen LogP contribution < -0.4 is 5.32 Å². The summed E-state index contributed by atoms with van der Waals surface area (Å²) in [4.78, 5) is 22.6. The first-order valence-electron chi connectivity index (χ1n) is 6.30. The van der Waals surface area contributed by atoms with Crippen molar-refractivity contribution in [2.75, 3.05) is 0 Å². The smallest absolute Gasteiger partial charge is 0.328 e. The Morgan fingerprint density at radius 2 is 2.11 bits per heavy atom. The highest BCUT2D eigenvalue weighted by molar-refractivity contribution is 5.97. The molecule has 1 aliphatic rings. The molecule has 0 aromatic heterocycles. The van der Waals surface area contributed by atoms with E-state index in [-0.39, 0.29) is 11.9 Å². The molecule has 0 spiro atoms. The number of amides is 1. The van der Waals surface area contributed by atoms with Crippen LogP contribution in [0.3, 0.4) is 0 Å². The van der Waals surface area contributed by atoms with Crippen LogP contribution in [0.25, 0.3) is 6.08 Å². The summed E-state index contributed by atoms with van der Waals surface area (Å²) in [6.07, 6.45) is 3.62. The normalized spacial score (nSPS) is 21.4. The van der Waals surface area contributed by atoms with Crippen molar-refractivity contribution in [1.82, 2.24) is 5.32 Å². The van der Waals surface area contributed by atoms with Gasteiger partial charge in [0, 0.05) is 17.7 Å². The maximum atomic E-state index is 12.1. The van der Waals surface area contributed by atoms with E-state index >= 15 is 0 Å². The monoisotopic (exact) mass is 259 g/mol. The lowest BCUT2D eigenvalue weighted by molar-refractivity contribution is -0.131. The lowest BCUT2D eigenvalue weighted by atomic mass is 10.0. The van der Waals surface area contributed by atoms with Crippen LogP contribution in [0.2, 0.25) is 0 Å². The molecule has 1 aromatic carbocycles. The Bertz CT molecular complexity index is 548. The molecule has 0 bridgehead atoms. The van der Waals surface area contributed by atoms with Gasteiger partial charge in [-0.15, -0.1) is 0 Å².